The molecule has 0 saturated carbocycles. The van der Waals surface area contributed by atoms with Gasteiger partial charge >= 0.3 is 17.9 Å². The molecule has 3 unspecified atom stereocenters. The summed E-state index contributed by atoms with van der Waals surface area (Å²) in [6, 6.07) is -1.98. The minimum absolute atomic E-state index is 0. The summed E-state index contributed by atoms with van der Waals surface area (Å²) in [5.41, 5.74) is 16.1. The minimum atomic E-state index is -0.881. The molecule has 0 spiro atoms. The molecule has 0 bridgehead atoms. The standard InChI is InChI=1S/3C10H21NO2.H2O/c3*1-2-3-4-5-6-7-8-9(11)10(12)13;/h3*9H,2-8,11H2,1H3,(H,12,13);1H2. The molecule has 10 nitrogen and oxygen atoms in total. The van der Waals surface area contributed by atoms with Gasteiger partial charge in [-0.25, -0.2) is 0 Å². The summed E-state index contributed by atoms with van der Waals surface area (Å²) in [5, 5.41) is 25.5. The van der Waals surface area contributed by atoms with Crippen LogP contribution in [0.4, 0.5) is 0 Å². The molecule has 11 N–H and O–H groups in total. The number of carboxylic acid groups (broad SMARTS) is 3. The molecule has 0 radical (unpaired) electrons. The van der Waals surface area contributed by atoms with Crippen molar-refractivity contribution >= 4 is 17.9 Å². The highest BCUT2D eigenvalue weighted by Gasteiger charge is 2.11. The van der Waals surface area contributed by atoms with E-state index in [1.807, 2.05) is 0 Å². The van der Waals surface area contributed by atoms with Gasteiger partial charge in [-0.2, -0.15) is 0 Å². The Kier molecular flexibility index (Phi) is 39.9. The number of nitrogens with two attached hydrogens (primary N) is 3. The largest absolute Gasteiger partial charge is 0.480 e. The highest BCUT2D eigenvalue weighted by Crippen LogP contribution is 2.09. The quantitative estimate of drug-likeness (QED) is 0.0779. The fourth-order valence-electron chi connectivity index (χ4n) is 3.80. The SMILES string of the molecule is CCCCCCCCC(N)C(=O)O.CCCCCCCCC(N)C(=O)O.CCCCCCCCC(N)C(=O)O.O. The van der Waals surface area contributed by atoms with Crippen molar-refractivity contribution in [3.05, 3.63) is 0 Å². The van der Waals surface area contributed by atoms with E-state index in [0.717, 1.165) is 38.5 Å². The molecule has 0 amide bonds. The van der Waals surface area contributed by atoms with Crippen LogP contribution in [0, 0.1) is 0 Å². The normalized spacial score (nSPS) is 12.4. The van der Waals surface area contributed by atoms with Gasteiger partial charge in [-0.15, -0.1) is 0 Å². The van der Waals surface area contributed by atoms with Gasteiger partial charge < -0.3 is 38.0 Å². The lowest BCUT2D eigenvalue weighted by Gasteiger charge is -2.05. The molecular formula is C30H65N3O7. The van der Waals surface area contributed by atoms with Gasteiger partial charge in [0.15, 0.2) is 0 Å². The summed E-state index contributed by atoms with van der Waals surface area (Å²) < 4.78 is 0. The van der Waals surface area contributed by atoms with E-state index >= 15 is 0 Å². The van der Waals surface area contributed by atoms with Gasteiger partial charge in [0.25, 0.3) is 0 Å². The molecule has 3 atom stereocenters. The van der Waals surface area contributed by atoms with Crippen molar-refractivity contribution in [1.29, 1.82) is 0 Å². The molecule has 0 aliphatic heterocycles. The number of unbranched alkanes of at least 4 members (excludes halogenated alkanes) is 15. The van der Waals surface area contributed by atoms with E-state index in [0.29, 0.717) is 19.3 Å². The predicted octanol–water partition coefficient (Wildman–Crippen LogP) is 5.62. The first-order valence-electron chi connectivity index (χ1n) is 15.5. The van der Waals surface area contributed by atoms with E-state index in [-0.39, 0.29) is 5.48 Å². The van der Waals surface area contributed by atoms with Crippen molar-refractivity contribution in [2.75, 3.05) is 0 Å². The van der Waals surface area contributed by atoms with Crippen LogP contribution >= 0.6 is 0 Å². The van der Waals surface area contributed by atoms with Crippen molar-refractivity contribution in [1.82, 2.24) is 0 Å². The zero-order valence-electron chi connectivity index (χ0n) is 25.9. The van der Waals surface area contributed by atoms with E-state index in [1.54, 1.807) is 0 Å². The van der Waals surface area contributed by atoms with E-state index in [9.17, 15) is 14.4 Å². The van der Waals surface area contributed by atoms with E-state index in [2.05, 4.69) is 20.8 Å². The Morgan fingerprint density at radius 1 is 0.425 bits per heavy atom. The monoisotopic (exact) mass is 579 g/mol. The van der Waals surface area contributed by atoms with Crippen molar-refractivity contribution in [2.24, 2.45) is 17.2 Å². The average Bonchev–Trinajstić information content (AvgIpc) is 2.90. The van der Waals surface area contributed by atoms with Gasteiger partial charge in [0.05, 0.1) is 0 Å². The zero-order chi connectivity index (χ0) is 30.3. The zero-order valence-corrected chi connectivity index (χ0v) is 25.9. The first-order valence-corrected chi connectivity index (χ1v) is 15.5. The molecule has 10 heteroatoms. The Bertz CT molecular complexity index is 489. The summed E-state index contributed by atoms with van der Waals surface area (Å²) in [4.78, 5) is 31.0. The molecule has 0 saturated heterocycles. The Labute approximate surface area is 244 Å². The van der Waals surface area contributed by atoms with Gasteiger partial charge in [0.2, 0.25) is 0 Å². The smallest absolute Gasteiger partial charge is 0.320 e. The summed E-state index contributed by atoms with van der Waals surface area (Å²) in [6.07, 6.45) is 23.0. The fraction of sp³-hybridized carbons (Fsp3) is 0.900. The number of hydrogen-bond donors (Lipinski definition) is 6. The summed E-state index contributed by atoms with van der Waals surface area (Å²) in [7, 11) is 0. The van der Waals surface area contributed by atoms with Crippen LogP contribution < -0.4 is 17.2 Å². The lowest BCUT2D eigenvalue weighted by molar-refractivity contribution is -0.139. The van der Waals surface area contributed by atoms with E-state index < -0.39 is 36.0 Å². The second-order valence-electron chi connectivity index (χ2n) is 10.5. The van der Waals surface area contributed by atoms with Crippen LogP contribution in [0.15, 0.2) is 0 Å². The molecule has 0 aromatic heterocycles. The third kappa shape index (κ3) is 38.4. The first-order chi connectivity index (χ1) is 18.5. The molecular weight excluding hydrogens is 514 g/mol. The molecule has 242 valence electrons. The maximum atomic E-state index is 10.3. The maximum Gasteiger partial charge on any atom is 0.320 e. The maximum absolute atomic E-state index is 10.3. The van der Waals surface area contributed by atoms with E-state index in [4.69, 9.17) is 32.5 Å². The molecule has 0 rings (SSSR count). The topological polar surface area (TPSA) is 221 Å². The summed E-state index contributed by atoms with van der Waals surface area (Å²) >= 11 is 0. The summed E-state index contributed by atoms with van der Waals surface area (Å²) in [5.74, 6) is -2.64. The van der Waals surface area contributed by atoms with Crippen LogP contribution in [0.1, 0.15) is 156 Å². The molecule has 0 fully saturated rings. The third-order valence-electron chi connectivity index (χ3n) is 6.56. The van der Waals surface area contributed by atoms with Crippen LogP contribution in [-0.2, 0) is 14.4 Å². The predicted molar refractivity (Wildman–Crippen MR) is 164 cm³/mol. The summed E-state index contributed by atoms with van der Waals surface area (Å²) in [6.45, 7) is 6.54. The average molecular weight is 580 g/mol. The van der Waals surface area contributed by atoms with Crippen molar-refractivity contribution < 1.29 is 35.2 Å². The lowest BCUT2D eigenvalue weighted by atomic mass is 10.1. The Hall–Kier alpha value is -1.75. The fourth-order valence-corrected chi connectivity index (χ4v) is 3.80. The second kappa shape index (κ2) is 35.3. The third-order valence-corrected chi connectivity index (χ3v) is 6.56. The number of carbonyl (C=O) groups is 3. The van der Waals surface area contributed by atoms with Crippen LogP contribution in [0.25, 0.3) is 0 Å². The highest BCUT2D eigenvalue weighted by molar-refractivity contribution is 5.73. The molecule has 0 aliphatic rings. The van der Waals surface area contributed by atoms with Crippen molar-refractivity contribution in [2.45, 2.75) is 174 Å². The Balaban J connectivity index is -0.000000240. The first kappa shape index (κ1) is 45.2. The minimum Gasteiger partial charge on any atom is -0.480 e. The van der Waals surface area contributed by atoms with Crippen molar-refractivity contribution in [3.8, 4) is 0 Å². The Morgan fingerprint density at radius 2 is 0.600 bits per heavy atom. The van der Waals surface area contributed by atoms with Crippen molar-refractivity contribution in [3.63, 3.8) is 0 Å². The molecule has 0 aliphatic carbocycles. The molecule has 0 aromatic rings. The van der Waals surface area contributed by atoms with Crippen LogP contribution in [0.3, 0.4) is 0 Å². The van der Waals surface area contributed by atoms with Crippen LogP contribution in [-0.4, -0.2) is 56.8 Å². The van der Waals surface area contributed by atoms with E-state index in [1.165, 1.54) is 77.0 Å². The lowest BCUT2D eigenvalue weighted by Crippen LogP contribution is -2.29. The van der Waals surface area contributed by atoms with Crippen LogP contribution in [0.2, 0.25) is 0 Å². The molecule has 0 aromatic carbocycles. The number of rotatable bonds is 24. The number of hydrogen-bond acceptors (Lipinski definition) is 6. The number of carboxylic acids is 3. The van der Waals surface area contributed by atoms with Gasteiger partial charge in [-0.3, -0.25) is 14.4 Å². The molecule has 0 heterocycles. The van der Waals surface area contributed by atoms with Gasteiger partial charge in [-0.05, 0) is 19.3 Å². The number of aliphatic carboxylic acids is 3. The van der Waals surface area contributed by atoms with Gasteiger partial charge in [0.1, 0.15) is 18.1 Å². The Morgan fingerprint density at radius 3 is 0.775 bits per heavy atom. The highest BCUT2D eigenvalue weighted by atomic mass is 16.4. The van der Waals surface area contributed by atoms with Gasteiger partial charge in [-0.1, -0.05) is 136 Å². The molecule has 40 heavy (non-hydrogen) atoms. The second-order valence-corrected chi connectivity index (χ2v) is 10.5. The van der Waals surface area contributed by atoms with Crippen LogP contribution in [0.5, 0.6) is 0 Å². The van der Waals surface area contributed by atoms with Gasteiger partial charge in [0, 0.05) is 0 Å².